The van der Waals surface area contributed by atoms with Crippen molar-refractivity contribution in [1.82, 2.24) is 10.2 Å². The van der Waals surface area contributed by atoms with Gasteiger partial charge in [0.05, 0.1) is 6.10 Å². The molecule has 6 N–H and O–H groups in total. The molecule has 0 aromatic carbocycles. The van der Waals surface area contributed by atoms with Gasteiger partial charge in [-0.15, -0.1) is 0 Å². The minimum Gasteiger partial charge on any atom is -0.392 e. The molecule has 0 spiro atoms. The van der Waals surface area contributed by atoms with Gasteiger partial charge in [-0.1, -0.05) is 71.1 Å². The molecule has 0 aliphatic heterocycles. The van der Waals surface area contributed by atoms with Crippen LogP contribution >= 0.6 is 0 Å². The molecule has 0 fully saturated rings. The molecule has 1 unspecified atom stereocenters. The minimum atomic E-state index is -0.216. The van der Waals surface area contributed by atoms with E-state index in [1.807, 2.05) is 0 Å². The van der Waals surface area contributed by atoms with Crippen LogP contribution in [0.4, 0.5) is 0 Å². The van der Waals surface area contributed by atoms with Gasteiger partial charge in [-0.3, -0.25) is 4.90 Å². The molecule has 0 rings (SSSR count). The summed E-state index contributed by atoms with van der Waals surface area (Å²) in [6.45, 7) is 7.90. The van der Waals surface area contributed by atoms with Crippen LogP contribution in [-0.4, -0.2) is 61.9 Å². The first-order valence-corrected chi connectivity index (χ1v) is 10.8. The maximum Gasteiger partial charge on any atom is 0.0664 e. The Balaban J connectivity index is 3.34. The molecule has 0 bridgehead atoms. The summed E-state index contributed by atoms with van der Waals surface area (Å²) < 4.78 is 0. The molecule has 5 nitrogen and oxygen atoms in total. The first-order valence-electron chi connectivity index (χ1n) is 10.8. The van der Waals surface area contributed by atoms with Crippen LogP contribution in [0.25, 0.3) is 0 Å². The third-order valence-corrected chi connectivity index (χ3v) is 4.77. The van der Waals surface area contributed by atoms with Crippen LogP contribution in [0.15, 0.2) is 0 Å². The number of nitrogens with zero attached hydrogens (tertiary/aromatic N) is 1. The Morgan fingerprint density at radius 3 is 1.84 bits per heavy atom. The third kappa shape index (κ3) is 18.4. The summed E-state index contributed by atoms with van der Waals surface area (Å²) in [5, 5.41) is 13.4. The maximum absolute atomic E-state index is 10.0. The molecule has 1 atom stereocenters. The van der Waals surface area contributed by atoms with E-state index in [1.54, 1.807) is 0 Å². The second-order valence-corrected chi connectivity index (χ2v) is 7.25. The van der Waals surface area contributed by atoms with Crippen molar-refractivity contribution in [1.29, 1.82) is 0 Å². The first-order chi connectivity index (χ1) is 12.2. The molecular weight excluding hydrogens is 312 g/mol. The van der Waals surface area contributed by atoms with Gasteiger partial charge in [0.2, 0.25) is 0 Å². The summed E-state index contributed by atoms with van der Waals surface area (Å²) >= 11 is 0. The number of nitrogens with two attached hydrogens (primary N) is 2. The third-order valence-electron chi connectivity index (χ3n) is 4.77. The Morgan fingerprint density at radius 2 is 1.32 bits per heavy atom. The zero-order valence-electron chi connectivity index (χ0n) is 16.9. The van der Waals surface area contributed by atoms with E-state index in [2.05, 4.69) is 17.1 Å². The zero-order valence-corrected chi connectivity index (χ0v) is 16.9. The van der Waals surface area contributed by atoms with Gasteiger partial charge in [0.1, 0.15) is 0 Å². The second-order valence-electron chi connectivity index (χ2n) is 7.25. The molecule has 0 saturated carbocycles. The molecule has 0 heterocycles. The monoisotopic (exact) mass is 358 g/mol. The normalized spacial score (nSPS) is 12.8. The Bertz CT molecular complexity index is 248. The lowest BCUT2D eigenvalue weighted by Gasteiger charge is -2.21. The van der Waals surface area contributed by atoms with Crippen LogP contribution in [-0.2, 0) is 0 Å². The number of hydrogen-bond acceptors (Lipinski definition) is 5. The lowest BCUT2D eigenvalue weighted by molar-refractivity contribution is 0.156. The molecule has 0 saturated heterocycles. The summed E-state index contributed by atoms with van der Waals surface area (Å²) in [5.74, 6) is 0. The molecule has 0 amide bonds. The van der Waals surface area contributed by atoms with Gasteiger partial charge in [0.25, 0.3) is 0 Å². The molecule has 0 aliphatic rings. The van der Waals surface area contributed by atoms with E-state index in [0.29, 0.717) is 19.6 Å². The summed E-state index contributed by atoms with van der Waals surface area (Å²) in [6.07, 6.45) is 14.1. The van der Waals surface area contributed by atoms with Crippen molar-refractivity contribution < 1.29 is 5.11 Å². The molecule has 5 heteroatoms. The number of hydrogen-bond donors (Lipinski definition) is 4. The van der Waals surface area contributed by atoms with Crippen molar-refractivity contribution in [2.24, 2.45) is 11.5 Å². The van der Waals surface area contributed by atoms with E-state index >= 15 is 0 Å². The maximum atomic E-state index is 10.0. The van der Waals surface area contributed by atoms with Crippen molar-refractivity contribution in [2.45, 2.75) is 83.7 Å². The summed E-state index contributed by atoms with van der Waals surface area (Å²) in [6, 6.07) is 0. The number of aliphatic hydroxyl groups is 1. The average molecular weight is 359 g/mol. The van der Waals surface area contributed by atoms with Crippen molar-refractivity contribution >= 4 is 0 Å². The quantitative estimate of drug-likeness (QED) is 0.251. The van der Waals surface area contributed by atoms with Gasteiger partial charge in [0, 0.05) is 45.8 Å². The van der Waals surface area contributed by atoms with Gasteiger partial charge in [-0.2, -0.15) is 0 Å². The predicted molar refractivity (Wildman–Crippen MR) is 110 cm³/mol. The Labute approximate surface area is 156 Å². The average Bonchev–Trinajstić information content (AvgIpc) is 2.60. The molecule has 0 aliphatic carbocycles. The highest BCUT2D eigenvalue weighted by Crippen LogP contribution is 2.11. The number of aliphatic hydroxyl groups excluding tert-OH is 1. The predicted octanol–water partition coefficient (Wildman–Crippen LogP) is 2.47. The van der Waals surface area contributed by atoms with E-state index in [4.69, 9.17) is 11.5 Å². The molecule has 0 aromatic heterocycles. The van der Waals surface area contributed by atoms with E-state index < -0.39 is 0 Å². The largest absolute Gasteiger partial charge is 0.392 e. The smallest absolute Gasteiger partial charge is 0.0664 e. The van der Waals surface area contributed by atoms with Crippen molar-refractivity contribution in [3.05, 3.63) is 0 Å². The van der Waals surface area contributed by atoms with Gasteiger partial charge in [-0.05, 0) is 6.42 Å². The summed E-state index contributed by atoms with van der Waals surface area (Å²) in [5.41, 5.74) is 11.2. The molecule has 152 valence electrons. The van der Waals surface area contributed by atoms with Crippen LogP contribution < -0.4 is 16.8 Å². The van der Waals surface area contributed by atoms with Crippen LogP contribution in [0.1, 0.15) is 77.6 Å². The van der Waals surface area contributed by atoms with Gasteiger partial charge < -0.3 is 21.9 Å². The Hall–Kier alpha value is -0.200. The highest BCUT2D eigenvalue weighted by atomic mass is 16.3. The van der Waals surface area contributed by atoms with E-state index in [1.165, 1.54) is 57.8 Å². The minimum absolute atomic E-state index is 0.216. The first kappa shape index (κ1) is 24.8. The van der Waals surface area contributed by atoms with Crippen LogP contribution in [0.5, 0.6) is 0 Å². The molecular formula is C20H46N4O. The van der Waals surface area contributed by atoms with Gasteiger partial charge in [-0.25, -0.2) is 0 Å². The highest BCUT2D eigenvalue weighted by Gasteiger charge is 2.05. The summed E-state index contributed by atoms with van der Waals surface area (Å²) in [4.78, 5) is 2.27. The molecule has 25 heavy (non-hydrogen) atoms. The van der Waals surface area contributed by atoms with Crippen LogP contribution in [0, 0.1) is 0 Å². The molecule has 0 radical (unpaired) electrons. The lowest BCUT2D eigenvalue weighted by atomic mass is 10.0. The number of unbranched alkanes of at least 4 members (excludes halogenated alkanes) is 9. The fourth-order valence-corrected chi connectivity index (χ4v) is 3.18. The number of nitrogens with one attached hydrogen (secondary N) is 1. The lowest BCUT2D eigenvalue weighted by Crippen LogP contribution is -2.40. The topological polar surface area (TPSA) is 87.5 Å². The SMILES string of the molecule is CCCCCCCCCCCCC(O)CNCCN(CCN)CCN. The van der Waals surface area contributed by atoms with E-state index in [0.717, 1.165) is 39.0 Å². The van der Waals surface area contributed by atoms with E-state index in [-0.39, 0.29) is 6.10 Å². The fraction of sp³-hybridized carbons (Fsp3) is 1.00. The standard InChI is InChI=1S/C20H46N4O/c1-2-3-4-5-6-7-8-9-10-11-12-20(25)19-23-15-18-24(16-13-21)17-14-22/h20,23,25H,2-19,21-22H2,1H3. The highest BCUT2D eigenvalue weighted by molar-refractivity contribution is 4.64. The van der Waals surface area contributed by atoms with Crippen LogP contribution in [0.3, 0.4) is 0 Å². The summed E-state index contributed by atoms with van der Waals surface area (Å²) in [7, 11) is 0. The number of rotatable bonds is 20. The molecule has 0 aromatic rings. The second kappa shape index (κ2) is 20.1. The van der Waals surface area contributed by atoms with Crippen molar-refractivity contribution in [2.75, 3.05) is 45.8 Å². The van der Waals surface area contributed by atoms with Crippen molar-refractivity contribution in [3.8, 4) is 0 Å². The van der Waals surface area contributed by atoms with Crippen LogP contribution in [0.2, 0.25) is 0 Å². The van der Waals surface area contributed by atoms with Gasteiger partial charge >= 0.3 is 0 Å². The fourth-order valence-electron chi connectivity index (χ4n) is 3.18. The Morgan fingerprint density at radius 1 is 0.800 bits per heavy atom. The van der Waals surface area contributed by atoms with Crippen molar-refractivity contribution in [3.63, 3.8) is 0 Å². The zero-order chi connectivity index (χ0) is 18.6. The van der Waals surface area contributed by atoms with Gasteiger partial charge in [0.15, 0.2) is 0 Å². The Kier molecular flexibility index (Phi) is 20.0. The van der Waals surface area contributed by atoms with E-state index in [9.17, 15) is 5.11 Å².